The number of aromatic amines is 1. The monoisotopic (exact) mass is 469 g/mol. The van der Waals surface area contributed by atoms with E-state index in [1.807, 2.05) is 72.8 Å². The van der Waals surface area contributed by atoms with Crippen molar-refractivity contribution in [3.63, 3.8) is 0 Å². The van der Waals surface area contributed by atoms with Gasteiger partial charge in [0.25, 0.3) is 5.91 Å². The molecular formula is C28H27N3O4. The van der Waals surface area contributed by atoms with Crippen LogP contribution in [0, 0.1) is 0 Å². The van der Waals surface area contributed by atoms with Crippen LogP contribution < -0.4 is 4.74 Å². The van der Waals surface area contributed by atoms with Gasteiger partial charge < -0.3 is 19.4 Å². The zero-order valence-corrected chi connectivity index (χ0v) is 19.7. The molecule has 1 N–H and O–H groups in total. The number of hydrogen-bond donors (Lipinski definition) is 1. The number of aromatic nitrogens is 2. The summed E-state index contributed by atoms with van der Waals surface area (Å²) in [4.78, 5) is 34.9. The van der Waals surface area contributed by atoms with Crippen molar-refractivity contribution in [1.82, 2.24) is 14.9 Å². The molecule has 0 saturated carbocycles. The SMILES string of the molecule is COC(=O)C/C=C/CN(Cc1ccccc1)C(=O)c1cccc2[nH]c(-c3ccc(OC)cc3)nc12. The molecule has 3 aromatic carbocycles. The molecule has 0 aliphatic heterocycles. The highest BCUT2D eigenvalue weighted by molar-refractivity contribution is 6.05. The Labute approximate surface area is 204 Å². The summed E-state index contributed by atoms with van der Waals surface area (Å²) in [7, 11) is 2.98. The minimum absolute atomic E-state index is 0.144. The van der Waals surface area contributed by atoms with Crippen LogP contribution in [0.1, 0.15) is 22.3 Å². The Morgan fingerprint density at radius 3 is 2.43 bits per heavy atom. The number of esters is 1. The molecule has 0 aliphatic rings. The zero-order valence-electron chi connectivity index (χ0n) is 19.7. The van der Waals surface area contributed by atoms with Crippen molar-refractivity contribution >= 4 is 22.9 Å². The number of nitrogens with one attached hydrogen (secondary N) is 1. The van der Waals surface area contributed by atoms with Crippen molar-refractivity contribution in [2.75, 3.05) is 20.8 Å². The first kappa shape index (κ1) is 23.8. The van der Waals surface area contributed by atoms with E-state index in [1.165, 1.54) is 7.11 Å². The van der Waals surface area contributed by atoms with Crippen molar-refractivity contribution in [2.45, 2.75) is 13.0 Å². The second-order valence-electron chi connectivity index (χ2n) is 7.94. The third-order valence-corrected chi connectivity index (χ3v) is 5.61. The Balaban J connectivity index is 1.64. The molecule has 35 heavy (non-hydrogen) atoms. The summed E-state index contributed by atoms with van der Waals surface area (Å²) >= 11 is 0. The molecule has 7 nitrogen and oxygen atoms in total. The number of rotatable bonds is 9. The molecule has 178 valence electrons. The van der Waals surface area contributed by atoms with Crippen LogP contribution >= 0.6 is 0 Å². The fraction of sp³-hybridized carbons (Fsp3) is 0.179. The summed E-state index contributed by atoms with van der Waals surface area (Å²) in [5, 5.41) is 0. The molecule has 1 amide bonds. The lowest BCUT2D eigenvalue weighted by molar-refractivity contribution is -0.139. The summed E-state index contributed by atoms with van der Waals surface area (Å²) in [6.07, 6.45) is 3.68. The quantitative estimate of drug-likeness (QED) is 0.275. The number of carbonyl (C=O) groups is 2. The average molecular weight is 470 g/mol. The van der Waals surface area contributed by atoms with E-state index in [2.05, 4.69) is 9.72 Å². The number of amides is 1. The number of H-pyrrole nitrogens is 1. The number of methoxy groups -OCH3 is 2. The molecule has 1 heterocycles. The van der Waals surface area contributed by atoms with E-state index in [-0.39, 0.29) is 18.3 Å². The second kappa shape index (κ2) is 11.2. The van der Waals surface area contributed by atoms with Crippen molar-refractivity contribution in [2.24, 2.45) is 0 Å². The highest BCUT2D eigenvalue weighted by Crippen LogP contribution is 2.25. The van der Waals surface area contributed by atoms with Crippen LogP contribution in [-0.4, -0.2) is 47.5 Å². The van der Waals surface area contributed by atoms with Gasteiger partial charge in [0.1, 0.15) is 17.1 Å². The first-order valence-corrected chi connectivity index (χ1v) is 11.3. The molecule has 0 atom stereocenters. The number of hydrogen-bond acceptors (Lipinski definition) is 5. The van der Waals surface area contributed by atoms with E-state index in [1.54, 1.807) is 24.2 Å². The van der Waals surface area contributed by atoms with Gasteiger partial charge in [0.2, 0.25) is 0 Å². The van der Waals surface area contributed by atoms with Gasteiger partial charge in [-0.2, -0.15) is 0 Å². The van der Waals surface area contributed by atoms with E-state index < -0.39 is 0 Å². The number of fused-ring (bicyclic) bond motifs is 1. The number of ether oxygens (including phenoxy) is 2. The maximum atomic E-state index is 13.7. The maximum absolute atomic E-state index is 13.7. The smallest absolute Gasteiger partial charge is 0.309 e. The topological polar surface area (TPSA) is 84.5 Å². The van der Waals surface area contributed by atoms with Crippen LogP contribution in [0.15, 0.2) is 84.9 Å². The maximum Gasteiger partial charge on any atom is 0.309 e. The lowest BCUT2D eigenvalue weighted by Gasteiger charge is -2.21. The molecule has 0 saturated heterocycles. The first-order chi connectivity index (χ1) is 17.1. The largest absolute Gasteiger partial charge is 0.497 e. The van der Waals surface area contributed by atoms with Crippen LogP contribution in [0.2, 0.25) is 0 Å². The lowest BCUT2D eigenvalue weighted by Crippen LogP contribution is -2.31. The molecule has 0 spiro atoms. The molecule has 0 unspecified atom stereocenters. The molecule has 4 aromatic rings. The molecule has 1 aromatic heterocycles. The molecule has 0 aliphatic carbocycles. The molecule has 0 radical (unpaired) electrons. The van der Waals surface area contributed by atoms with Gasteiger partial charge in [-0.25, -0.2) is 4.98 Å². The molecule has 4 rings (SSSR count). The minimum atomic E-state index is -0.325. The first-order valence-electron chi connectivity index (χ1n) is 11.3. The van der Waals surface area contributed by atoms with Crippen LogP contribution in [-0.2, 0) is 16.1 Å². The molecular weight excluding hydrogens is 442 g/mol. The van der Waals surface area contributed by atoms with Gasteiger partial charge in [0.15, 0.2) is 0 Å². The highest BCUT2D eigenvalue weighted by atomic mass is 16.5. The fourth-order valence-electron chi connectivity index (χ4n) is 3.75. The van der Waals surface area contributed by atoms with Gasteiger partial charge in [0.05, 0.1) is 31.7 Å². The number of carbonyl (C=O) groups excluding carboxylic acids is 2. The van der Waals surface area contributed by atoms with Gasteiger partial charge in [-0.15, -0.1) is 0 Å². The van der Waals surface area contributed by atoms with Crippen molar-refractivity contribution in [1.29, 1.82) is 0 Å². The number of para-hydroxylation sites is 1. The van der Waals surface area contributed by atoms with Gasteiger partial charge in [-0.1, -0.05) is 48.6 Å². The average Bonchev–Trinajstić information content (AvgIpc) is 3.35. The van der Waals surface area contributed by atoms with Crippen molar-refractivity contribution in [3.8, 4) is 17.1 Å². The van der Waals surface area contributed by atoms with Crippen LogP contribution in [0.25, 0.3) is 22.4 Å². The molecule has 7 heteroatoms. The zero-order chi connectivity index (χ0) is 24.6. The summed E-state index contributed by atoms with van der Waals surface area (Å²) in [5.41, 5.74) is 3.81. The Morgan fingerprint density at radius 2 is 1.71 bits per heavy atom. The predicted octanol–water partition coefficient (Wildman–Crippen LogP) is 5.00. The van der Waals surface area contributed by atoms with Gasteiger partial charge in [-0.05, 0) is 42.0 Å². The van der Waals surface area contributed by atoms with Crippen LogP contribution in [0.4, 0.5) is 0 Å². The predicted molar refractivity (Wildman–Crippen MR) is 135 cm³/mol. The summed E-state index contributed by atoms with van der Waals surface area (Å²) in [6, 6.07) is 22.9. The van der Waals surface area contributed by atoms with Gasteiger partial charge >= 0.3 is 5.97 Å². The van der Waals surface area contributed by atoms with E-state index >= 15 is 0 Å². The Morgan fingerprint density at radius 1 is 0.943 bits per heavy atom. The normalized spacial score (nSPS) is 11.0. The van der Waals surface area contributed by atoms with Gasteiger partial charge in [-0.3, -0.25) is 9.59 Å². The number of nitrogens with zero attached hydrogens (tertiary/aromatic N) is 2. The van der Waals surface area contributed by atoms with E-state index in [9.17, 15) is 9.59 Å². The van der Waals surface area contributed by atoms with E-state index in [0.29, 0.717) is 30.0 Å². The van der Waals surface area contributed by atoms with Gasteiger partial charge in [0, 0.05) is 18.7 Å². The highest BCUT2D eigenvalue weighted by Gasteiger charge is 2.20. The lowest BCUT2D eigenvalue weighted by atomic mass is 10.1. The number of imidazole rings is 1. The Hall–Kier alpha value is -4.39. The summed E-state index contributed by atoms with van der Waals surface area (Å²) in [5.74, 6) is 0.970. The van der Waals surface area contributed by atoms with Crippen molar-refractivity contribution < 1.29 is 19.1 Å². The fourth-order valence-corrected chi connectivity index (χ4v) is 3.75. The third-order valence-electron chi connectivity index (χ3n) is 5.61. The minimum Gasteiger partial charge on any atom is -0.497 e. The van der Waals surface area contributed by atoms with E-state index in [0.717, 1.165) is 22.4 Å². The molecule has 0 bridgehead atoms. The summed E-state index contributed by atoms with van der Waals surface area (Å²) < 4.78 is 9.92. The second-order valence-corrected chi connectivity index (χ2v) is 7.94. The third kappa shape index (κ3) is 5.76. The van der Waals surface area contributed by atoms with Crippen LogP contribution in [0.3, 0.4) is 0 Å². The van der Waals surface area contributed by atoms with E-state index in [4.69, 9.17) is 9.72 Å². The van der Waals surface area contributed by atoms with Crippen molar-refractivity contribution in [3.05, 3.63) is 96.1 Å². The number of benzene rings is 3. The standard InChI is InChI=1S/C28H27N3O4/c1-34-22-16-14-21(15-17-22)27-29-24-12-8-11-23(26(24)30-27)28(33)31(18-7-6-13-25(32)35-2)19-20-9-4-3-5-10-20/h3-12,14-17H,13,18-19H2,1-2H3,(H,29,30)/b7-6+. The Bertz CT molecular complexity index is 1330. The van der Waals surface area contributed by atoms with Crippen LogP contribution in [0.5, 0.6) is 5.75 Å². The summed E-state index contributed by atoms with van der Waals surface area (Å²) in [6.45, 7) is 0.769. The Kier molecular flexibility index (Phi) is 7.57. The molecule has 0 fully saturated rings.